The van der Waals surface area contributed by atoms with Gasteiger partial charge in [-0.05, 0) is 43.9 Å². The van der Waals surface area contributed by atoms with Crippen molar-refractivity contribution >= 4 is 28.9 Å². The molecule has 1 N–H and O–H groups in total. The first-order chi connectivity index (χ1) is 14.4. The van der Waals surface area contributed by atoms with Crippen molar-refractivity contribution in [2.75, 3.05) is 11.1 Å². The van der Waals surface area contributed by atoms with Crippen molar-refractivity contribution in [3.05, 3.63) is 47.0 Å². The van der Waals surface area contributed by atoms with Crippen molar-refractivity contribution in [2.45, 2.75) is 57.9 Å². The van der Waals surface area contributed by atoms with Crippen LogP contribution in [0.25, 0.3) is 5.65 Å². The Balaban J connectivity index is 1.90. The molecule has 0 aliphatic carbocycles. The molecule has 0 amide bonds. The summed E-state index contributed by atoms with van der Waals surface area (Å²) in [7, 11) is 0. The number of para-hydroxylation sites is 1. The van der Waals surface area contributed by atoms with E-state index < -0.39 is 0 Å². The van der Waals surface area contributed by atoms with Crippen molar-refractivity contribution < 1.29 is 4.74 Å². The summed E-state index contributed by atoms with van der Waals surface area (Å²) in [5.41, 5.74) is 3.98. The number of rotatable bonds is 6. The van der Waals surface area contributed by atoms with Crippen LogP contribution in [-0.2, 0) is 17.8 Å². The molecule has 0 bridgehead atoms. The first-order valence-electron chi connectivity index (χ1n) is 10.3. The van der Waals surface area contributed by atoms with Crippen molar-refractivity contribution in [2.24, 2.45) is 5.92 Å². The minimum Gasteiger partial charge on any atom is -0.370 e. The molecule has 30 heavy (non-hydrogen) atoms. The van der Waals surface area contributed by atoms with Gasteiger partial charge in [-0.15, -0.1) is 10.2 Å². The molecule has 1 aliphatic heterocycles. The minimum atomic E-state index is -0.324. The summed E-state index contributed by atoms with van der Waals surface area (Å²) in [6, 6.07) is 12.4. The SMILES string of the molecule is CC(C)CCSc1nnc2c3c(c(C#N)c(Nc4ccccc4)n12)CC(C)(C)OC3. The van der Waals surface area contributed by atoms with Crippen LogP contribution in [0.4, 0.5) is 11.5 Å². The lowest BCUT2D eigenvalue weighted by Crippen LogP contribution is -2.33. The van der Waals surface area contributed by atoms with E-state index in [-0.39, 0.29) is 5.60 Å². The number of anilines is 2. The molecule has 0 spiro atoms. The maximum atomic E-state index is 10.2. The van der Waals surface area contributed by atoms with Gasteiger partial charge in [-0.25, -0.2) is 0 Å². The van der Waals surface area contributed by atoms with E-state index in [1.807, 2.05) is 34.7 Å². The van der Waals surface area contributed by atoms with Gasteiger partial charge in [-0.1, -0.05) is 43.8 Å². The molecule has 6 nitrogen and oxygen atoms in total. The van der Waals surface area contributed by atoms with E-state index in [1.54, 1.807) is 11.8 Å². The summed E-state index contributed by atoms with van der Waals surface area (Å²) < 4.78 is 8.06. The zero-order valence-electron chi connectivity index (χ0n) is 17.9. The van der Waals surface area contributed by atoms with Crippen molar-refractivity contribution in [1.29, 1.82) is 5.26 Å². The maximum absolute atomic E-state index is 10.2. The quantitative estimate of drug-likeness (QED) is 0.542. The molecule has 7 heteroatoms. The molecule has 0 atom stereocenters. The summed E-state index contributed by atoms with van der Waals surface area (Å²) in [6.45, 7) is 8.98. The van der Waals surface area contributed by atoms with Gasteiger partial charge in [-0.3, -0.25) is 4.40 Å². The van der Waals surface area contributed by atoms with Crippen molar-refractivity contribution in [3.8, 4) is 6.07 Å². The Labute approximate surface area is 181 Å². The molecule has 0 saturated heterocycles. The van der Waals surface area contributed by atoms with Gasteiger partial charge in [0.25, 0.3) is 0 Å². The van der Waals surface area contributed by atoms with Crippen LogP contribution in [0.3, 0.4) is 0 Å². The number of fused-ring (bicyclic) bond motifs is 3. The van der Waals surface area contributed by atoms with Crippen molar-refractivity contribution in [3.63, 3.8) is 0 Å². The predicted octanol–water partition coefficient (Wildman–Crippen LogP) is 5.33. The first kappa shape index (κ1) is 20.7. The molecule has 3 aromatic rings. The third-order valence-corrected chi connectivity index (χ3v) is 6.28. The van der Waals surface area contributed by atoms with E-state index in [0.717, 1.165) is 45.6 Å². The van der Waals surface area contributed by atoms with Gasteiger partial charge < -0.3 is 10.1 Å². The van der Waals surface area contributed by atoms with Gasteiger partial charge >= 0.3 is 0 Å². The molecule has 0 saturated carbocycles. The first-order valence-corrected chi connectivity index (χ1v) is 11.3. The minimum absolute atomic E-state index is 0.324. The topological polar surface area (TPSA) is 75.2 Å². The lowest BCUT2D eigenvalue weighted by molar-refractivity contribution is -0.0397. The van der Waals surface area contributed by atoms with E-state index in [1.165, 1.54) is 0 Å². The molecule has 156 valence electrons. The number of hydrogen-bond donors (Lipinski definition) is 1. The maximum Gasteiger partial charge on any atom is 0.197 e. The smallest absolute Gasteiger partial charge is 0.197 e. The number of thioether (sulfide) groups is 1. The Morgan fingerprint density at radius 1 is 1.23 bits per heavy atom. The molecule has 0 fully saturated rings. The Morgan fingerprint density at radius 2 is 2.00 bits per heavy atom. The van der Waals surface area contributed by atoms with Crippen molar-refractivity contribution in [1.82, 2.24) is 14.6 Å². The van der Waals surface area contributed by atoms with Crippen LogP contribution in [0.2, 0.25) is 0 Å². The number of ether oxygens (including phenoxy) is 1. The van der Waals surface area contributed by atoms with Crippen LogP contribution in [0.5, 0.6) is 0 Å². The normalized spacial score (nSPS) is 15.2. The van der Waals surface area contributed by atoms with Crippen LogP contribution in [-0.4, -0.2) is 26.0 Å². The summed E-state index contributed by atoms with van der Waals surface area (Å²) in [5, 5.41) is 23.4. The summed E-state index contributed by atoms with van der Waals surface area (Å²) in [4.78, 5) is 0. The monoisotopic (exact) mass is 421 g/mol. The van der Waals surface area contributed by atoms with Gasteiger partial charge in [-0.2, -0.15) is 5.26 Å². The summed E-state index contributed by atoms with van der Waals surface area (Å²) in [6.07, 6.45) is 1.75. The fraction of sp³-hybridized carbons (Fsp3) is 0.435. The zero-order valence-corrected chi connectivity index (χ0v) is 18.7. The molecule has 3 heterocycles. The van der Waals surface area contributed by atoms with E-state index >= 15 is 0 Å². The average molecular weight is 422 g/mol. The second-order valence-corrected chi connectivity index (χ2v) is 9.74. The van der Waals surface area contributed by atoms with Gasteiger partial charge in [0.05, 0.1) is 17.8 Å². The zero-order chi connectivity index (χ0) is 21.3. The van der Waals surface area contributed by atoms with E-state index in [9.17, 15) is 5.26 Å². The third-order valence-electron chi connectivity index (χ3n) is 5.31. The number of pyridine rings is 1. The average Bonchev–Trinajstić information content (AvgIpc) is 3.12. The van der Waals surface area contributed by atoms with Gasteiger partial charge in [0.2, 0.25) is 0 Å². The number of nitrogens with one attached hydrogen (secondary N) is 1. The highest BCUT2D eigenvalue weighted by Gasteiger charge is 2.33. The fourth-order valence-electron chi connectivity index (χ4n) is 3.68. The van der Waals surface area contributed by atoms with Crippen LogP contribution in [0, 0.1) is 17.2 Å². The largest absolute Gasteiger partial charge is 0.370 e. The third kappa shape index (κ3) is 4.03. The molecule has 0 radical (unpaired) electrons. The van der Waals surface area contributed by atoms with E-state index in [2.05, 4.69) is 49.3 Å². The second-order valence-electron chi connectivity index (χ2n) is 8.68. The molecular weight excluding hydrogens is 394 g/mol. The highest BCUT2D eigenvalue weighted by atomic mass is 32.2. The molecular formula is C23H27N5OS. The van der Waals surface area contributed by atoms with Gasteiger partial charge in [0.1, 0.15) is 11.9 Å². The lowest BCUT2D eigenvalue weighted by Gasteiger charge is -2.33. The fourth-order valence-corrected chi connectivity index (χ4v) is 4.85. The number of hydrogen-bond acceptors (Lipinski definition) is 6. The number of nitriles is 1. The van der Waals surface area contributed by atoms with Gasteiger partial charge in [0, 0.05) is 23.4 Å². The van der Waals surface area contributed by atoms with Crippen LogP contribution in [0.15, 0.2) is 35.5 Å². The standard InChI is InChI=1S/C23H27N5OS/c1-15(2)10-11-30-22-27-26-21-19-14-29-23(3,4)12-17(19)18(13-24)20(28(21)22)25-16-8-6-5-7-9-16/h5-9,15,25H,10-12,14H2,1-4H3. The molecule has 4 rings (SSSR count). The predicted molar refractivity (Wildman–Crippen MR) is 120 cm³/mol. The highest BCUT2D eigenvalue weighted by Crippen LogP contribution is 2.38. The molecule has 0 unspecified atom stereocenters. The Bertz CT molecular complexity index is 1100. The van der Waals surface area contributed by atoms with E-state index in [0.29, 0.717) is 24.5 Å². The Kier molecular flexibility index (Phi) is 5.72. The molecule has 1 aromatic carbocycles. The van der Waals surface area contributed by atoms with Crippen LogP contribution >= 0.6 is 11.8 Å². The number of benzene rings is 1. The number of aromatic nitrogens is 3. The second kappa shape index (κ2) is 8.29. The lowest BCUT2D eigenvalue weighted by atomic mass is 9.89. The Morgan fingerprint density at radius 3 is 2.70 bits per heavy atom. The number of nitrogens with zero attached hydrogens (tertiary/aromatic N) is 4. The van der Waals surface area contributed by atoms with Crippen LogP contribution in [0.1, 0.15) is 50.8 Å². The molecule has 2 aromatic heterocycles. The highest BCUT2D eigenvalue weighted by molar-refractivity contribution is 7.99. The molecule has 1 aliphatic rings. The Hall–Kier alpha value is -2.56. The van der Waals surface area contributed by atoms with E-state index in [4.69, 9.17) is 4.74 Å². The summed E-state index contributed by atoms with van der Waals surface area (Å²) >= 11 is 1.68. The van der Waals surface area contributed by atoms with Crippen LogP contribution < -0.4 is 5.32 Å². The van der Waals surface area contributed by atoms with Gasteiger partial charge in [0.15, 0.2) is 10.8 Å². The summed E-state index contributed by atoms with van der Waals surface area (Å²) in [5.74, 6) is 2.30.